The molecule has 418 valence electrons. The van der Waals surface area contributed by atoms with Crippen LogP contribution in [0.15, 0.2) is 85.2 Å². The molecule has 29 heteroatoms. The van der Waals surface area contributed by atoms with Crippen molar-refractivity contribution in [1.82, 2.24) is 39.9 Å². The second kappa shape index (κ2) is 26.1. The van der Waals surface area contributed by atoms with E-state index in [0.29, 0.717) is 23.6 Å². The monoisotopic (exact) mass is 1140 g/mol. The fraction of sp³-hybridized carbons (Fsp3) is 0.429. The number of rotatable bonds is 23. The van der Waals surface area contributed by atoms with Crippen molar-refractivity contribution in [3.63, 3.8) is 0 Å². The first-order valence-electron chi connectivity index (χ1n) is 23.0. The number of hydrogen-bond acceptors (Lipinski definition) is 14. The quantitative estimate of drug-likeness (QED) is 0.0269. The zero-order valence-electron chi connectivity index (χ0n) is 43.7. The molecule has 0 saturated heterocycles. The number of aliphatic carboxylic acids is 1. The van der Waals surface area contributed by atoms with Gasteiger partial charge in [0.2, 0.25) is 11.8 Å². The van der Waals surface area contributed by atoms with Gasteiger partial charge >= 0.3 is 77.7 Å². The van der Waals surface area contributed by atoms with Crippen LogP contribution in [0, 0.1) is 10.8 Å². The summed E-state index contributed by atoms with van der Waals surface area (Å²) in [6, 6.07) is 19.9. The Bertz CT molecular complexity index is 2880. The number of aromatic amines is 1. The number of H-pyrrole nitrogens is 1. The predicted molar refractivity (Wildman–Crippen MR) is 259 cm³/mol. The van der Waals surface area contributed by atoms with Gasteiger partial charge in [-0.1, -0.05) is 68.2 Å². The summed E-state index contributed by atoms with van der Waals surface area (Å²) in [6.07, 6.45) is -8.38. The topological polar surface area (TPSA) is 208 Å². The molecule has 0 bridgehead atoms. The van der Waals surface area contributed by atoms with E-state index in [4.69, 9.17) is 28.8 Å². The van der Waals surface area contributed by atoms with Gasteiger partial charge in [0.25, 0.3) is 0 Å². The van der Waals surface area contributed by atoms with Gasteiger partial charge in [-0.3, -0.25) is 14.7 Å². The minimum atomic E-state index is -5.77. The summed E-state index contributed by atoms with van der Waals surface area (Å²) in [5.41, 5.74) is 2.04. The van der Waals surface area contributed by atoms with Gasteiger partial charge in [-0.05, 0) is 57.0 Å². The summed E-state index contributed by atoms with van der Waals surface area (Å²) < 4.78 is 159. The first-order chi connectivity index (χ1) is 35.7. The molecule has 0 amide bonds. The molecule has 4 heterocycles. The molecule has 0 atom stereocenters. The zero-order valence-corrected chi connectivity index (χ0v) is 46.7. The summed E-state index contributed by atoms with van der Waals surface area (Å²) in [7, 11) is -0.119. The van der Waals surface area contributed by atoms with E-state index in [1.807, 2.05) is 0 Å². The number of aromatic nitrogens is 8. The third-order valence-electron chi connectivity index (χ3n) is 10.8. The zero-order chi connectivity index (χ0) is 57.2. The Balaban J connectivity index is 0.000000341. The van der Waals surface area contributed by atoms with Gasteiger partial charge in [0.15, 0.2) is 24.9 Å². The van der Waals surface area contributed by atoms with Crippen molar-refractivity contribution >= 4 is 20.0 Å². The molecule has 78 heavy (non-hydrogen) atoms. The van der Waals surface area contributed by atoms with Crippen molar-refractivity contribution < 1.29 is 117 Å². The molecule has 0 fully saturated rings. The van der Waals surface area contributed by atoms with Crippen LogP contribution in [-0.2, 0) is 25.8 Å². The van der Waals surface area contributed by atoms with Crippen LogP contribution < -0.4 is 48.5 Å². The number of carboxylic acid groups (broad SMARTS) is 1. The fourth-order valence-corrected chi connectivity index (χ4v) is 6.65. The summed E-state index contributed by atoms with van der Waals surface area (Å²) in [4.78, 5) is 39.2. The normalized spacial score (nSPS) is 12.4. The third-order valence-corrected chi connectivity index (χ3v) is 12.5. The Kier molecular flexibility index (Phi) is 21.4. The van der Waals surface area contributed by atoms with E-state index in [9.17, 15) is 53.5 Å². The average molecular weight is 1140 g/mol. The van der Waals surface area contributed by atoms with Crippen LogP contribution in [0.5, 0.6) is 23.8 Å². The summed E-state index contributed by atoms with van der Waals surface area (Å²) in [5, 5.41) is 19.3. The number of ether oxygens (including phenoxy) is 6. The minimum absolute atomic E-state index is 0. The van der Waals surface area contributed by atoms with Crippen LogP contribution in [0.25, 0.3) is 45.0 Å². The van der Waals surface area contributed by atoms with Gasteiger partial charge in [0, 0.05) is 61.5 Å². The molecule has 0 aliphatic carbocycles. The van der Waals surface area contributed by atoms with Crippen LogP contribution in [-0.4, -0.2) is 129 Å². The third kappa shape index (κ3) is 18.1. The molecule has 0 aliphatic rings. The Morgan fingerprint density at radius 1 is 0.615 bits per heavy atom. The number of esters is 1. The molecular weight excluding hydrogens is 1090 g/mol. The molecule has 0 saturated carbocycles. The van der Waals surface area contributed by atoms with Crippen molar-refractivity contribution in [3.05, 3.63) is 85.2 Å². The van der Waals surface area contributed by atoms with Crippen molar-refractivity contribution in [3.8, 4) is 68.8 Å². The molecule has 0 aliphatic heterocycles. The summed E-state index contributed by atoms with van der Waals surface area (Å²) in [5.74, 6) is -10.7. The van der Waals surface area contributed by atoms with Crippen LogP contribution in [0.3, 0.4) is 0 Å². The van der Waals surface area contributed by atoms with E-state index in [1.165, 1.54) is 21.0 Å². The van der Waals surface area contributed by atoms with E-state index in [-0.39, 0.29) is 67.0 Å². The van der Waals surface area contributed by atoms with Gasteiger partial charge in [-0.15, -0.1) is 10.2 Å². The number of alkyl halides is 10. The maximum Gasteiger partial charge on any atom is 1.00 e. The van der Waals surface area contributed by atoms with Gasteiger partial charge in [0.05, 0.1) is 17.9 Å². The second-order valence-corrected chi connectivity index (χ2v) is 25.2. The number of halogens is 10. The van der Waals surface area contributed by atoms with Crippen molar-refractivity contribution in [2.45, 2.75) is 84.3 Å². The number of methoxy groups -OCH3 is 1. The van der Waals surface area contributed by atoms with Gasteiger partial charge in [-0.2, -0.15) is 58.6 Å². The summed E-state index contributed by atoms with van der Waals surface area (Å²) in [6.45, 7) is 9.15. The number of nitrogens with one attached hydrogen (secondary N) is 1. The van der Waals surface area contributed by atoms with Gasteiger partial charge in [-0.25, -0.2) is 9.97 Å². The molecule has 0 unspecified atom stereocenters. The smallest absolute Gasteiger partial charge is 0.481 e. The number of hydrogen-bond donors (Lipinski definition) is 2. The van der Waals surface area contributed by atoms with Crippen molar-refractivity contribution in [2.24, 2.45) is 10.8 Å². The molecule has 6 aromatic rings. The van der Waals surface area contributed by atoms with Crippen LogP contribution >= 0.6 is 0 Å². The second-order valence-electron chi connectivity index (χ2n) is 19.6. The van der Waals surface area contributed by atoms with E-state index in [2.05, 4.69) is 59.6 Å². The van der Waals surface area contributed by atoms with Crippen LogP contribution in [0.1, 0.15) is 27.7 Å². The molecule has 4 aromatic heterocycles. The Hall–Kier alpha value is -6.36. The molecule has 17 nitrogen and oxygen atoms in total. The number of carboxylic acids is 1. The maximum atomic E-state index is 13.5. The molecule has 2 aromatic carbocycles. The standard InChI is InChI=1S/C28H35F5N4O5Si.C21H19F5N4O4.Na/c1-26(2,24(38)39-3)16-41-22-12-11-21(15-34-22)19-7-9-20(10-8-19)23-35-25(42-17-27(29,30)28(31,32)33)37(36-23)18-40-13-14-43(4,5)6;1-19(2,17(31)32)10-33-15-8-7-14(9-27-15)12-3-5-13(6-4-12)16-28-18(30-29-16)34-11-20(22,23)21(24,25)26;/h7-12,15H,13-14,16-18H2,1-6H3;3-9H,10-11H2,1-2H3,(H,31,32)(H,28,29,30);/q;;+1. The maximum absolute atomic E-state index is 13.5. The molecular formula is C49H54F10N8NaO9Si+. The van der Waals surface area contributed by atoms with Gasteiger partial charge < -0.3 is 33.5 Å². The number of pyridine rings is 2. The van der Waals surface area contributed by atoms with Gasteiger partial charge in [0.1, 0.15) is 19.9 Å². The van der Waals surface area contributed by atoms with E-state index < -0.39 is 80.3 Å². The van der Waals surface area contributed by atoms with Crippen LogP contribution in [0.4, 0.5) is 43.9 Å². The van der Waals surface area contributed by atoms with E-state index >= 15 is 0 Å². The predicted octanol–water partition coefficient (Wildman–Crippen LogP) is 8.08. The summed E-state index contributed by atoms with van der Waals surface area (Å²) >= 11 is 0. The van der Waals surface area contributed by atoms with Crippen molar-refractivity contribution in [2.75, 3.05) is 40.1 Å². The first kappa shape index (κ1) is 64.2. The number of carbonyl (C=O) groups is 2. The minimum Gasteiger partial charge on any atom is -0.481 e. The van der Waals surface area contributed by atoms with E-state index in [1.54, 1.807) is 99.0 Å². The molecule has 0 radical (unpaired) electrons. The Morgan fingerprint density at radius 2 is 1.08 bits per heavy atom. The first-order valence-corrected chi connectivity index (χ1v) is 26.7. The SMILES string of the molecule is CC(C)(COc1ccc(-c2ccc(-c3nc(OCC(F)(F)C(F)(F)F)n[nH]3)cc2)cn1)C(=O)O.COC(=O)C(C)(C)COc1ccc(-c2ccc(-c3nc(OCC(F)(F)C(F)(F)F)n(COCC[Si](C)(C)C)n3)cc2)cn1.[Na+]. The number of nitrogens with zero attached hydrogens (tertiary/aromatic N) is 7. The fourth-order valence-electron chi connectivity index (χ4n) is 5.90. The Morgan fingerprint density at radius 3 is 1.53 bits per heavy atom. The molecule has 2 N–H and O–H groups in total. The Labute approximate surface area is 463 Å². The van der Waals surface area contributed by atoms with Crippen LogP contribution in [0.2, 0.25) is 25.7 Å². The van der Waals surface area contributed by atoms with Crippen molar-refractivity contribution in [1.29, 1.82) is 0 Å². The van der Waals surface area contributed by atoms with E-state index in [0.717, 1.165) is 33.0 Å². The average Bonchev–Trinajstić information content (AvgIpc) is 4.03. The number of carbonyl (C=O) groups excluding carboxylic acids is 1. The molecule has 6 rings (SSSR count). The molecule has 0 spiro atoms. The largest absolute Gasteiger partial charge is 1.00 e. The number of benzene rings is 2.